The van der Waals surface area contributed by atoms with E-state index in [-0.39, 0.29) is 11.7 Å². The van der Waals surface area contributed by atoms with Crippen LogP contribution in [0.4, 0.5) is 5.82 Å². The first-order valence-corrected chi connectivity index (χ1v) is 5.90. The van der Waals surface area contributed by atoms with Crippen LogP contribution in [0.25, 0.3) is 0 Å². The van der Waals surface area contributed by atoms with Crippen LogP contribution in [0.15, 0.2) is 24.4 Å². The molecule has 1 heterocycles. The van der Waals surface area contributed by atoms with Gasteiger partial charge < -0.3 is 5.32 Å². The zero-order valence-electron chi connectivity index (χ0n) is 10.4. The quantitative estimate of drug-likeness (QED) is 0.915. The monoisotopic (exact) mass is 274 g/mol. The summed E-state index contributed by atoms with van der Waals surface area (Å²) >= 11 is 5.91. The second-order valence-corrected chi connectivity index (χ2v) is 4.50. The number of nitrogens with zero attached hydrogens (tertiary/aromatic N) is 3. The standard InChI is InChI=1S/C13H11ClN4O/c1-8-5-9(3-4-11(8)14)13(19)16-12-10(6-15)7-18(2)17-12/h3-5,7H,1-2H3,(H,16,17,19). The van der Waals surface area contributed by atoms with Crippen molar-refractivity contribution < 1.29 is 4.79 Å². The maximum atomic E-state index is 12.0. The Hall–Kier alpha value is -2.32. The molecule has 5 nitrogen and oxygen atoms in total. The summed E-state index contributed by atoms with van der Waals surface area (Å²) in [7, 11) is 1.68. The third-order valence-electron chi connectivity index (χ3n) is 2.60. The van der Waals surface area contributed by atoms with Gasteiger partial charge in [0.15, 0.2) is 5.82 Å². The first-order valence-electron chi connectivity index (χ1n) is 5.52. The fourth-order valence-electron chi connectivity index (χ4n) is 1.63. The van der Waals surface area contributed by atoms with Crippen LogP contribution in [0, 0.1) is 18.3 Å². The van der Waals surface area contributed by atoms with Crippen molar-refractivity contribution in [2.75, 3.05) is 5.32 Å². The highest BCUT2D eigenvalue weighted by atomic mass is 35.5. The van der Waals surface area contributed by atoms with E-state index in [4.69, 9.17) is 16.9 Å². The highest BCUT2D eigenvalue weighted by Gasteiger charge is 2.13. The maximum absolute atomic E-state index is 12.0. The first-order chi connectivity index (χ1) is 9.01. The molecule has 6 heteroatoms. The molecule has 1 aromatic heterocycles. The number of aryl methyl sites for hydroxylation is 2. The number of hydrogen-bond acceptors (Lipinski definition) is 3. The van der Waals surface area contributed by atoms with Gasteiger partial charge in [0, 0.05) is 23.8 Å². The summed E-state index contributed by atoms with van der Waals surface area (Å²) in [6, 6.07) is 6.95. The van der Waals surface area contributed by atoms with E-state index < -0.39 is 0 Å². The largest absolute Gasteiger partial charge is 0.304 e. The molecule has 0 aliphatic rings. The molecule has 0 aliphatic carbocycles. The molecule has 0 radical (unpaired) electrons. The van der Waals surface area contributed by atoms with E-state index in [9.17, 15) is 4.79 Å². The second kappa shape index (κ2) is 5.12. The smallest absolute Gasteiger partial charge is 0.256 e. The first kappa shape index (κ1) is 13.1. The summed E-state index contributed by atoms with van der Waals surface area (Å²) in [6.07, 6.45) is 1.54. The number of benzene rings is 1. The van der Waals surface area contributed by atoms with E-state index in [1.807, 2.05) is 13.0 Å². The average Bonchev–Trinajstić information content (AvgIpc) is 2.72. The van der Waals surface area contributed by atoms with Crippen molar-refractivity contribution in [3.05, 3.63) is 46.1 Å². The number of carbonyl (C=O) groups excluding carboxylic acids is 1. The molecule has 2 rings (SSSR count). The average molecular weight is 275 g/mol. The van der Waals surface area contributed by atoms with Gasteiger partial charge in [0.2, 0.25) is 0 Å². The van der Waals surface area contributed by atoms with E-state index in [2.05, 4.69) is 10.4 Å². The summed E-state index contributed by atoms with van der Waals surface area (Å²) in [6.45, 7) is 1.82. The summed E-state index contributed by atoms with van der Waals surface area (Å²) < 4.78 is 1.47. The number of amides is 1. The predicted molar refractivity (Wildman–Crippen MR) is 72.1 cm³/mol. The van der Waals surface area contributed by atoms with E-state index in [1.54, 1.807) is 31.4 Å². The summed E-state index contributed by atoms with van der Waals surface area (Å²) in [5.41, 5.74) is 1.61. The fourth-order valence-corrected chi connectivity index (χ4v) is 1.75. The van der Waals surface area contributed by atoms with Crippen LogP contribution in [0.2, 0.25) is 5.02 Å². The molecule has 2 aromatic rings. The Morgan fingerprint density at radius 3 is 2.89 bits per heavy atom. The third-order valence-corrected chi connectivity index (χ3v) is 3.03. The molecule has 0 atom stereocenters. The molecule has 0 saturated heterocycles. The van der Waals surface area contributed by atoms with Crippen molar-refractivity contribution in [3.8, 4) is 6.07 Å². The van der Waals surface area contributed by atoms with Gasteiger partial charge in [-0.3, -0.25) is 9.48 Å². The molecular weight excluding hydrogens is 264 g/mol. The number of aromatic nitrogens is 2. The van der Waals surface area contributed by atoms with Gasteiger partial charge in [0.05, 0.1) is 0 Å². The van der Waals surface area contributed by atoms with E-state index in [1.165, 1.54) is 4.68 Å². The van der Waals surface area contributed by atoms with E-state index in [0.717, 1.165) is 5.56 Å². The predicted octanol–water partition coefficient (Wildman–Crippen LogP) is 2.51. The topological polar surface area (TPSA) is 70.7 Å². The summed E-state index contributed by atoms with van der Waals surface area (Å²) in [5.74, 6) is -0.0717. The van der Waals surface area contributed by atoms with Gasteiger partial charge in [0.25, 0.3) is 5.91 Å². The van der Waals surface area contributed by atoms with Crippen molar-refractivity contribution in [2.45, 2.75) is 6.92 Å². The van der Waals surface area contributed by atoms with Crippen LogP contribution >= 0.6 is 11.6 Å². The van der Waals surface area contributed by atoms with Gasteiger partial charge in [-0.15, -0.1) is 0 Å². The van der Waals surface area contributed by atoms with Gasteiger partial charge in [-0.2, -0.15) is 10.4 Å². The molecule has 0 unspecified atom stereocenters. The normalized spacial score (nSPS) is 10.0. The van der Waals surface area contributed by atoms with Gasteiger partial charge in [0.1, 0.15) is 11.6 Å². The third kappa shape index (κ3) is 2.75. The van der Waals surface area contributed by atoms with Crippen molar-refractivity contribution in [2.24, 2.45) is 7.05 Å². The molecule has 0 bridgehead atoms. The zero-order valence-corrected chi connectivity index (χ0v) is 11.2. The van der Waals surface area contributed by atoms with Crippen molar-refractivity contribution in [1.82, 2.24) is 9.78 Å². The Labute approximate surface area is 115 Å². The lowest BCUT2D eigenvalue weighted by molar-refractivity contribution is 0.102. The van der Waals surface area contributed by atoms with E-state index >= 15 is 0 Å². The zero-order chi connectivity index (χ0) is 14.0. The SMILES string of the molecule is Cc1cc(C(=O)Nc2nn(C)cc2C#N)ccc1Cl. The van der Waals surface area contributed by atoms with E-state index in [0.29, 0.717) is 16.1 Å². The minimum Gasteiger partial charge on any atom is -0.304 e. The molecule has 1 aromatic carbocycles. The number of halogens is 1. The van der Waals surface area contributed by atoms with Crippen LogP contribution in [0.3, 0.4) is 0 Å². The molecule has 0 fully saturated rings. The van der Waals surface area contributed by atoms with Crippen molar-refractivity contribution >= 4 is 23.3 Å². The van der Waals surface area contributed by atoms with Crippen molar-refractivity contribution in [1.29, 1.82) is 5.26 Å². The Bertz CT molecular complexity index is 684. The molecule has 96 valence electrons. The molecule has 1 amide bonds. The lowest BCUT2D eigenvalue weighted by Crippen LogP contribution is -2.13. The van der Waals surface area contributed by atoms with Gasteiger partial charge in [-0.05, 0) is 30.7 Å². The molecule has 0 spiro atoms. The second-order valence-electron chi connectivity index (χ2n) is 4.09. The molecule has 1 N–H and O–H groups in total. The molecule has 0 aliphatic heterocycles. The lowest BCUT2D eigenvalue weighted by Gasteiger charge is -2.04. The number of nitriles is 1. The van der Waals surface area contributed by atoms with Crippen LogP contribution < -0.4 is 5.32 Å². The Balaban J connectivity index is 2.26. The highest BCUT2D eigenvalue weighted by Crippen LogP contribution is 2.18. The van der Waals surface area contributed by atoms with Gasteiger partial charge >= 0.3 is 0 Å². The maximum Gasteiger partial charge on any atom is 0.256 e. The van der Waals surface area contributed by atoms with Crippen LogP contribution in [-0.4, -0.2) is 15.7 Å². The van der Waals surface area contributed by atoms with Crippen LogP contribution in [0.5, 0.6) is 0 Å². The van der Waals surface area contributed by atoms with Gasteiger partial charge in [-0.1, -0.05) is 11.6 Å². The Kier molecular flexibility index (Phi) is 3.54. The number of rotatable bonds is 2. The van der Waals surface area contributed by atoms with Crippen molar-refractivity contribution in [3.63, 3.8) is 0 Å². The molecule has 19 heavy (non-hydrogen) atoms. The number of carbonyl (C=O) groups is 1. The number of hydrogen-bond donors (Lipinski definition) is 1. The molecule has 0 saturated carbocycles. The fraction of sp³-hybridized carbons (Fsp3) is 0.154. The molecular formula is C13H11ClN4O. The summed E-state index contributed by atoms with van der Waals surface area (Å²) in [5, 5.41) is 16.2. The highest BCUT2D eigenvalue weighted by molar-refractivity contribution is 6.31. The Morgan fingerprint density at radius 1 is 1.53 bits per heavy atom. The van der Waals surface area contributed by atoms with Crippen LogP contribution in [0.1, 0.15) is 21.5 Å². The summed E-state index contributed by atoms with van der Waals surface area (Å²) in [4.78, 5) is 12.0. The van der Waals surface area contributed by atoms with Crippen LogP contribution in [-0.2, 0) is 7.05 Å². The minimum atomic E-state index is -0.324. The number of nitrogens with one attached hydrogen (secondary N) is 1. The minimum absolute atomic E-state index is 0.252. The Morgan fingerprint density at radius 2 is 2.26 bits per heavy atom. The number of anilines is 1. The van der Waals surface area contributed by atoms with Gasteiger partial charge in [-0.25, -0.2) is 0 Å². The lowest BCUT2D eigenvalue weighted by atomic mass is 10.1.